The van der Waals surface area contributed by atoms with Crippen molar-refractivity contribution in [2.24, 2.45) is 5.73 Å². The van der Waals surface area contributed by atoms with Gasteiger partial charge < -0.3 is 15.8 Å². The fourth-order valence-corrected chi connectivity index (χ4v) is 2.19. The molecule has 6 heteroatoms. The third-order valence-corrected chi connectivity index (χ3v) is 3.43. The highest BCUT2D eigenvalue weighted by Crippen LogP contribution is 2.17. The van der Waals surface area contributed by atoms with Gasteiger partial charge in [0.15, 0.2) is 0 Å². The minimum absolute atomic E-state index is 0. The van der Waals surface area contributed by atoms with Crippen molar-refractivity contribution >= 4 is 18.3 Å². The van der Waals surface area contributed by atoms with Gasteiger partial charge in [0.25, 0.3) is 0 Å². The molecule has 1 saturated heterocycles. The van der Waals surface area contributed by atoms with E-state index in [0.29, 0.717) is 6.54 Å². The van der Waals surface area contributed by atoms with Crippen molar-refractivity contribution in [3.8, 4) is 0 Å². The number of hydrogen-bond acceptors (Lipinski definition) is 4. The molecular weight excluding hydrogens is 266 g/mol. The number of nitrogens with two attached hydrogens (primary N) is 1. The Hall–Kier alpha value is -0.360. The Morgan fingerprint density at radius 3 is 2.79 bits per heavy atom. The molecule has 1 amide bonds. The molecule has 0 aromatic carbocycles. The number of rotatable bonds is 6. The predicted molar refractivity (Wildman–Crippen MR) is 79.6 cm³/mol. The summed E-state index contributed by atoms with van der Waals surface area (Å²) in [6.45, 7) is 10.3. The van der Waals surface area contributed by atoms with Crippen molar-refractivity contribution in [1.29, 1.82) is 0 Å². The normalized spacial score (nSPS) is 20.4. The van der Waals surface area contributed by atoms with E-state index in [9.17, 15) is 4.79 Å². The highest BCUT2D eigenvalue weighted by Gasteiger charge is 2.29. The molecule has 1 heterocycles. The van der Waals surface area contributed by atoms with E-state index < -0.39 is 0 Å². The quantitative estimate of drug-likeness (QED) is 0.759. The molecule has 0 aromatic heterocycles. The molecule has 19 heavy (non-hydrogen) atoms. The van der Waals surface area contributed by atoms with Crippen molar-refractivity contribution in [3.05, 3.63) is 0 Å². The van der Waals surface area contributed by atoms with Gasteiger partial charge in [-0.1, -0.05) is 13.3 Å². The van der Waals surface area contributed by atoms with E-state index in [1.807, 2.05) is 6.92 Å². The molecule has 1 fully saturated rings. The largest absolute Gasteiger partial charge is 0.378 e. The molecule has 1 aliphatic rings. The lowest BCUT2D eigenvalue weighted by Crippen LogP contribution is -2.55. The van der Waals surface area contributed by atoms with E-state index in [4.69, 9.17) is 10.5 Å². The van der Waals surface area contributed by atoms with Crippen molar-refractivity contribution in [2.45, 2.75) is 45.2 Å². The number of hydrogen-bond donors (Lipinski definition) is 2. The number of nitrogens with one attached hydrogen (secondary N) is 1. The maximum Gasteiger partial charge on any atom is 0.236 e. The fraction of sp³-hybridized carbons (Fsp3) is 0.923. The standard InChI is InChI=1S/C13H27N3O2.ClH/c1-4-5-11(14)12(17)15-6-7-16-8-9-18-10-13(16,2)3;/h11H,4-10,14H2,1-3H3,(H,15,17);1H. The summed E-state index contributed by atoms with van der Waals surface area (Å²) in [5.74, 6) is -0.0390. The highest BCUT2D eigenvalue weighted by atomic mass is 35.5. The second kappa shape index (κ2) is 8.74. The zero-order chi connectivity index (χ0) is 13.6. The van der Waals surface area contributed by atoms with Crippen LogP contribution in [0, 0.1) is 0 Å². The van der Waals surface area contributed by atoms with Crippen molar-refractivity contribution in [1.82, 2.24) is 10.2 Å². The number of carbonyl (C=O) groups is 1. The summed E-state index contributed by atoms with van der Waals surface area (Å²) >= 11 is 0. The number of morpholine rings is 1. The van der Waals surface area contributed by atoms with E-state index >= 15 is 0 Å². The average Bonchev–Trinajstić information content (AvgIpc) is 2.31. The van der Waals surface area contributed by atoms with Crippen LogP contribution in [-0.2, 0) is 9.53 Å². The van der Waals surface area contributed by atoms with E-state index in [1.54, 1.807) is 0 Å². The smallest absolute Gasteiger partial charge is 0.236 e. The summed E-state index contributed by atoms with van der Waals surface area (Å²) in [5, 5.41) is 2.91. The summed E-state index contributed by atoms with van der Waals surface area (Å²) in [6, 6.07) is -0.368. The summed E-state index contributed by atoms with van der Waals surface area (Å²) in [4.78, 5) is 14.0. The van der Waals surface area contributed by atoms with Crippen LogP contribution in [0.15, 0.2) is 0 Å². The maximum absolute atomic E-state index is 11.7. The molecule has 114 valence electrons. The highest BCUT2D eigenvalue weighted by molar-refractivity contribution is 5.85. The monoisotopic (exact) mass is 293 g/mol. The van der Waals surface area contributed by atoms with Gasteiger partial charge in [-0.05, 0) is 20.3 Å². The Kier molecular flexibility index (Phi) is 8.57. The number of carbonyl (C=O) groups excluding carboxylic acids is 1. The zero-order valence-corrected chi connectivity index (χ0v) is 13.1. The molecule has 1 aliphatic heterocycles. The lowest BCUT2D eigenvalue weighted by atomic mass is 10.0. The maximum atomic E-state index is 11.7. The van der Waals surface area contributed by atoms with Crippen LogP contribution in [0.3, 0.4) is 0 Å². The Morgan fingerprint density at radius 2 is 2.21 bits per heavy atom. The molecular formula is C13H28ClN3O2. The van der Waals surface area contributed by atoms with Gasteiger partial charge in [-0.15, -0.1) is 12.4 Å². The first-order chi connectivity index (χ1) is 8.47. The molecule has 0 aromatic rings. The van der Waals surface area contributed by atoms with Gasteiger partial charge in [-0.25, -0.2) is 0 Å². The average molecular weight is 294 g/mol. The fourth-order valence-electron chi connectivity index (χ4n) is 2.19. The molecule has 0 bridgehead atoms. The Balaban J connectivity index is 0.00000324. The van der Waals surface area contributed by atoms with Gasteiger partial charge in [-0.2, -0.15) is 0 Å². The van der Waals surface area contributed by atoms with Crippen molar-refractivity contribution in [3.63, 3.8) is 0 Å². The molecule has 0 saturated carbocycles. The van der Waals surface area contributed by atoms with E-state index in [-0.39, 0.29) is 29.9 Å². The molecule has 0 radical (unpaired) electrons. The van der Waals surface area contributed by atoms with Gasteiger partial charge >= 0.3 is 0 Å². The number of ether oxygens (including phenoxy) is 1. The molecule has 1 rings (SSSR count). The van der Waals surface area contributed by atoms with Crippen LogP contribution in [0.1, 0.15) is 33.6 Å². The van der Waals surface area contributed by atoms with Crippen LogP contribution >= 0.6 is 12.4 Å². The second-order valence-electron chi connectivity index (χ2n) is 5.54. The van der Waals surface area contributed by atoms with Gasteiger partial charge in [0.05, 0.1) is 19.3 Å². The first kappa shape index (κ1) is 18.6. The SMILES string of the molecule is CCCC(N)C(=O)NCCN1CCOCC1(C)C.Cl. The minimum atomic E-state index is -0.368. The molecule has 0 aliphatic carbocycles. The zero-order valence-electron chi connectivity index (χ0n) is 12.3. The number of halogens is 1. The summed E-state index contributed by atoms with van der Waals surface area (Å²) in [5.41, 5.74) is 5.80. The molecule has 1 atom stereocenters. The Morgan fingerprint density at radius 1 is 1.53 bits per heavy atom. The van der Waals surface area contributed by atoms with Gasteiger partial charge in [0, 0.05) is 25.2 Å². The summed E-state index contributed by atoms with van der Waals surface area (Å²) < 4.78 is 5.46. The van der Waals surface area contributed by atoms with Crippen LogP contribution in [-0.4, -0.2) is 55.2 Å². The van der Waals surface area contributed by atoms with Gasteiger partial charge in [-0.3, -0.25) is 9.69 Å². The van der Waals surface area contributed by atoms with Crippen LogP contribution in [0.2, 0.25) is 0 Å². The summed E-state index contributed by atoms with van der Waals surface area (Å²) in [6.07, 6.45) is 1.68. The molecule has 5 nitrogen and oxygen atoms in total. The first-order valence-corrected chi connectivity index (χ1v) is 6.83. The van der Waals surface area contributed by atoms with Gasteiger partial charge in [0.1, 0.15) is 0 Å². The van der Waals surface area contributed by atoms with Crippen LogP contribution in [0.5, 0.6) is 0 Å². The Labute approximate surface area is 122 Å². The van der Waals surface area contributed by atoms with E-state index in [1.165, 1.54) is 0 Å². The van der Waals surface area contributed by atoms with Crippen LogP contribution in [0.25, 0.3) is 0 Å². The first-order valence-electron chi connectivity index (χ1n) is 6.83. The molecule has 0 spiro atoms. The Bertz CT molecular complexity index is 275. The molecule has 3 N–H and O–H groups in total. The van der Waals surface area contributed by atoms with Crippen molar-refractivity contribution < 1.29 is 9.53 Å². The number of amides is 1. The van der Waals surface area contributed by atoms with E-state index in [2.05, 4.69) is 24.1 Å². The minimum Gasteiger partial charge on any atom is -0.378 e. The van der Waals surface area contributed by atoms with E-state index in [0.717, 1.165) is 39.1 Å². The summed E-state index contributed by atoms with van der Waals surface area (Å²) in [7, 11) is 0. The van der Waals surface area contributed by atoms with Crippen molar-refractivity contribution in [2.75, 3.05) is 32.8 Å². The third-order valence-electron chi connectivity index (χ3n) is 3.43. The topological polar surface area (TPSA) is 67.6 Å². The lowest BCUT2D eigenvalue weighted by Gasteiger charge is -2.42. The second-order valence-corrected chi connectivity index (χ2v) is 5.54. The molecule has 1 unspecified atom stereocenters. The third kappa shape index (κ3) is 6.08. The number of nitrogens with zero attached hydrogens (tertiary/aromatic N) is 1. The lowest BCUT2D eigenvalue weighted by molar-refractivity contribution is -0.122. The predicted octanol–water partition coefficient (Wildman–Crippen LogP) is 0.763. The van der Waals surface area contributed by atoms with Crippen LogP contribution < -0.4 is 11.1 Å². The van der Waals surface area contributed by atoms with Crippen LogP contribution in [0.4, 0.5) is 0 Å². The van der Waals surface area contributed by atoms with Gasteiger partial charge in [0.2, 0.25) is 5.91 Å².